The largest absolute Gasteiger partial charge is 0.479 e. The van der Waals surface area contributed by atoms with Crippen molar-refractivity contribution >= 4 is 27.8 Å². The number of ether oxygens (including phenoxy) is 1. The number of nitriles is 1. The minimum Gasteiger partial charge on any atom is -0.479 e. The molecule has 2 atom stereocenters. The lowest BCUT2D eigenvalue weighted by Gasteiger charge is -2.32. The van der Waals surface area contributed by atoms with Gasteiger partial charge in [0.15, 0.2) is 6.10 Å². The molecule has 1 fully saturated rings. The number of nitrogens with one attached hydrogen (secondary N) is 1. The zero-order chi connectivity index (χ0) is 24.9. The van der Waals surface area contributed by atoms with Crippen molar-refractivity contribution in [1.29, 1.82) is 5.26 Å². The summed E-state index contributed by atoms with van der Waals surface area (Å²) in [5, 5.41) is 28.3. The molecule has 1 aliphatic heterocycles. The molecule has 8 heteroatoms. The quantitative estimate of drug-likeness (QED) is 0.398. The van der Waals surface area contributed by atoms with Crippen LogP contribution in [0.25, 0.3) is 27.5 Å². The van der Waals surface area contributed by atoms with E-state index in [0.29, 0.717) is 18.4 Å². The van der Waals surface area contributed by atoms with Crippen LogP contribution in [0.2, 0.25) is 0 Å². The lowest BCUT2D eigenvalue weighted by molar-refractivity contribution is -0.153. The van der Waals surface area contributed by atoms with E-state index in [2.05, 4.69) is 33.0 Å². The molecule has 1 saturated heterocycles. The maximum atomic E-state index is 14.2. The van der Waals surface area contributed by atoms with Gasteiger partial charge in [0.05, 0.1) is 29.9 Å². The van der Waals surface area contributed by atoms with Crippen LogP contribution in [0.5, 0.6) is 0 Å². The molecule has 1 aliphatic rings. The second kappa shape index (κ2) is 8.51. The van der Waals surface area contributed by atoms with Crippen LogP contribution < -0.4 is 0 Å². The summed E-state index contributed by atoms with van der Waals surface area (Å²) < 4.78 is 22.1. The summed E-state index contributed by atoms with van der Waals surface area (Å²) in [6.45, 7) is 6.09. The van der Waals surface area contributed by atoms with Gasteiger partial charge in [0.25, 0.3) is 0 Å². The summed E-state index contributed by atoms with van der Waals surface area (Å²) >= 11 is 0. The molecule has 3 heterocycles. The third kappa shape index (κ3) is 3.86. The zero-order valence-corrected chi connectivity index (χ0v) is 19.9. The molecule has 7 nitrogen and oxygen atoms in total. The number of hydrogen-bond donors (Lipinski definition) is 2. The molecular formula is C27H27FN4O3. The Balaban J connectivity index is 1.84. The normalized spacial score (nSPS) is 18.7. The van der Waals surface area contributed by atoms with Gasteiger partial charge in [0.2, 0.25) is 0 Å². The van der Waals surface area contributed by atoms with Crippen molar-refractivity contribution in [1.82, 2.24) is 14.8 Å². The number of benzene rings is 2. The number of carboxylic acid groups (broad SMARTS) is 1. The number of rotatable bonds is 5. The number of nitrogens with zero attached hydrogens (tertiary/aromatic N) is 3. The average molecular weight is 475 g/mol. The first kappa shape index (κ1) is 23.1. The smallest absolute Gasteiger partial charge is 0.332 e. The number of H-pyrrole nitrogens is 1. The van der Waals surface area contributed by atoms with Crippen LogP contribution in [0.3, 0.4) is 0 Å². The summed E-state index contributed by atoms with van der Waals surface area (Å²) in [5.41, 5.74) is 4.62. The monoisotopic (exact) mass is 474 g/mol. The van der Waals surface area contributed by atoms with Crippen LogP contribution in [-0.4, -0.2) is 38.6 Å². The van der Waals surface area contributed by atoms with E-state index >= 15 is 0 Å². The second-order valence-corrected chi connectivity index (χ2v) is 10.0. The van der Waals surface area contributed by atoms with Crippen molar-refractivity contribution in [2.75, 3.05) is 6.61 Å². The van der Waals surface area contributed by atoms with Gasteiger partial charge in [0.1, 0.15) is 5.82 Å². The molecular weight excluding hydrogens is 447 g/mol. The highest BCUT2D eigenvalue weighted by molar-refractivity contribution is 5.99. The predicted molar refractivity (Wildman–Crippen MR) is 130 cm³/mol. The highest BCUT2D eigenvalue weighted by Crippen LogP contribution is 2.45. The van der Waals surface area contributed by atoms with Gasteiger partial charge >= 0.3 is 5.97 Å². The van der Waals surface area contributed by atoms with Crippen molar-refractivity contribution in [2.24, 2.45) is 0 Å². The molecule has 0 radical (unpaired) electrons. The Morgan fingerprint density at radius 1 is 1.34 bits per heavy atom. The van der Waals surface area contributed by atoms with Crippen LogP contribution in [0.15, 0.2) is 36.5 Å². The van der Waals surface area contributed by atoms with Crippen molar-refractivity contribution in [3.05, 3.63) is 59.2 Å². The standard InChI is InChI=1S/C27H27FN4O3/c1-15-10-18(5-6-20(15)28)32-22-11-17-13-30-31-21(17)12-19(22)24(25(32)27(2,3)8-9-29)16-4-7-23(26(33)34)35-14-16/h5-6,10-13,16,23H,4,7-8,14H2,1-3H3,(H,30,31)(H,33,34)/t16-,23+/m1/s1. The maximum Gasteiger partial charge on any atom is 0.332 e. The average Bonchev–Trinajstić information content (AvgIpc) is 3.41. The fraction of sp³-hybridized carbons (Fsp3) is 0.370. The van der Waals surface area contributed by atoms with Gasteiger partial charge in [-0.25, -0.2) is 9.18 Å². The maximum absolute atomic E-state index is 14.2. The zero-order valence-electron chi connectivity index (χ0n) is 19.9. The predicted octanol–water partition coefficient (Wildman–Crippen LogP) is 5.49. The number of aliphatic carboxylic acids is 1. The lowest BCUT2D eigenvalue weighted by Crippen LogP contribution is -2.32. The first-order valence-corrected chi connectivity index (χ1v) is 11.7. The molecule has 5 rings (SSSR count). The topological polar surface area (TPSA) is 104 Å². The summed E-state index contributed by atoms with van der Waals surface area (Å²) in [7, 11) is 0. The third-order valence-corrected chi connectivity index (χ3v) is 7.09. The van der Waals surface area contributed by atoms with E-state index in [0.717, 1.165) is 38.8 Å². The Hall–Kier alpha value is -3.70. The molecule has 35 heavy (non-hydrogen) atoms. The van der Waals surface area contributed by atoms with Gasteiger partial charge in [-0.05, 0) is 61.2 Å². The van der Waals surface area contributed by atoms with Crippen molar-refractivity contribution in [3.8, 4) is 11.8 Å². The molecule has 2 aromatic heterocycles. The van der Waals surface area contributed by atoms with Crippen LogP contribution in [0, 0.1) is 24.1 Å². The molecule has 0 aliphatic carbocycles. The number of aromatic amines is 1. The van der Waals surface area contributed by atoms with E-state index in [1.165, 1.54) is 6.07 Å². The molecule has 0 spiro atoms. The molecule has 2 N–H and O–H groups in total. The first-order chi connectivity index (χ1) is 16.7. The fourth-order valence-electron chi connectivity index (χ4n) is 5.32. The van der Waals surface area contributed by atoms with E-state index < -0.39 is 17.5 Å². The van der Waals surface area contributed by atoms with Gasteiger partial charge in [0, 0.05) is 39.9 Å². The first-order valence-electron chi connectivity index (χ1n) is 11.7. The number of aryl methyl sites for hydroxylation is 1. The fourth-order valence-corrected chi connectivity index (χ4v) is 5.32. The molecule has 2 aromatic carbocycles. The number of fused-ring (bicyclic) bond motifs is 2. The Labute approximate surface area is 202 Å². The number of hydrogen-bond acceptors (Lipinski definition) is 4. The molecule has 180 valence electrons. The van der Waals surface area contributed by atoms with Crippen LogP contribution in [0.1, 0.15) is 55.8 Å². The van der Waals surface area contributed by atoms with Crippen molar-refractivity contribution in [2.45, 2.75) is 57.5 Å². The van der Waals surface area contributed by atoms with Crippen LogP contribution >= 0.6 is 0 Å². The number of halogens is 1. The van der Waals surface area contributed by atoms with Gasteiger partial charge < -0.3 is 14.4 Å². The van der Waals surface area contributed by atoms with E-state index in [1.807, 2.05) is 19.9 Å². The minimum absolute atomic E-state index is 0.0516. The van der Waals surface area contributed by atoms with Crippen molar-refractivity contribution in [3.63, 3.8) is 0 Å². The Kier molecular flexibility index (Phi) is 5.60. The lowest BCUT2D eigenvalue weighted by atomic mass is 9.78. The van der Waals surface area contributed by atoms with Crippen LogP contribution in [0.4, 0.5) is 4.39 Å². The van der Waals surface area contributed by atoms with E-state index in [9.17, 15) is 19.6 Å². The van der Waals surface area contributed by atoms with Crippen LogP contribution in [-0.2, 0) is 14.9 Å². The Bertz CT molecular complexity index is 1490. The van der Waals surface area contributed by atoms with E-state index in [4.69, 9.17) is 4.74 Å². The third-order valence-electron chi connectivity index (χ3n) is 7.09. The molecule has 0 unspecified atom stereocenters. The second-order valence-electron chi connectivity index (χ2n) is 10.0. The summed E-state index contributed by atoms with van der Waals surface area (Å²) in [6, 6.07) is 11.5. The summed E-state index contributed by atoms with van der Waals surface area (Å²) in [4.78, 5) is 11.5. The number of aromatic nitrogens is 3. The molecule has 0 amide bonds. The SMILES string of the molecule is Cc1cc(-n2c(C(C)(C)CC#N)c([C@@H]3CC[C@@H](C(=O)O)OC3)c3cc4[nH]ncc4cc32)ccc1F. The minimum atomic E-state index is -0.947. The van der Waals surface area contributed by atoms with Crippen molar-refractivity contribution < 1.29 is 19.0 Å². The molecule has 4 aromatic rings. The highest BCUT2D eigenvalue weighted by atomic mass is 19.1. The Morgan fingerprint density at radius 2 is 2.14 bits per heavy atom. The summed E-state index contributed by atoms with van der Waals surface area (Å²) in [5.74, 6) is -1.28. The van der Waals surface area contributed by atoms with Gasteiger partial charge in [-0.15, -0.1) is 0 Å². The van der Waals surface area contributed by atoms with E-state index in [1.54, 1.807) is 19.2 Å². The van der Waals surface area contributed by atoms with Gasteiger partial charge in [-0.2, -0.15) is 10.4 Å². The summed E-state index contributed by atoms with van der Waals surface area (Å²) in [6.07, 6.45) is 2.29. The molecule has 0 saturated carbocycles. The number of carboxylic acids is 1. The highest BCUT2D eigenvalue weighted by Gasteiger charge is 2.37. The Morgan fingerprint density at radius 3 is 2.80 bits per heavy atom. The molecule has 0 bridgehead atoms. The van der Waals surface area contributed by atoms with Gasteiger partial charge in [-0.1, -0.05) is 13.8 Å². The number of carbonyl (C=O) groups is 1. The van der Waals surface area contributed by atoms with E-state index in [-0.39, 0.29) is 24.8 Å². The van der Waals surface area contributed by atoms with Gasteiger partial charge in [-0.3, -0.25) is 5.10 Å².